The standard InChI is InChI=1S/C14H23N3/c1-14(6-2-3-7-14)10-17-11-15-9-13(17)12-5-4-8-16-12/h9,11-12,16H,2-8,10H2,1H3. The van der Waals surface area contributed by atoms with E-state index in [1.165, 1.54) is 44.2 Å². The molecule has 1 aromatic heterocycles. The molecule has 94 valence electrons. The number of hydrogen-bond acceptors (Lipinski definition) is 2. The Labute approximate surface area is 104 Å². The Morgan fingerprint density at radius 3 is 2.94 bits per heavy atom. The van der Waals surface area contributed by atoms with Gasteiger partial charge in [-0.15, -0.1) is 0 Å². The number of hydrogen-bond donors (Lipinski definition) is 1. The van der Waals surface area contributed by atoms with Crippen LogP contribution < -0.4 is 5.32 Å². The smallest absolute Gasteiger partial charge is 0.0948 e. The molecule has 1 saturated carbocycles. The summed E-state index contributed by atoms with van der Waals surface area (Å²) in [5.74, 6) is 0. The van der Waals surface area contributed by atoms with Gasteiger partial charge < -0.3 is 9.88 Å². The molecular formula is C14H23N3. The van der Waals surface area contributed by atoms with E-state index >= 15 is 0 Å². The van der Waals surface area contributed by atoms with E-state index in [4.69, 9.17) is 0 Å². The normalized spacial score (nSPS) is 27.7. The summed E-state index contributed by atoms with van der Waals surface area (Å²) in [6, 6.07) is 0.544. The van der Waals surface area contributed by atoms with Gasteiger partial charge in [-0.2, -0.15) is 0 Å². The molecule has 1 unspecified atom stereocenters. The van der Waals surface area contributed by atoms with Crippen LogP contribution in [0.2, 0.25) is 0 Å². The van der Waals surface area contributed by atoms with Crippen LogP contribution in [-0.2, 0) is 6.54 Å². The number of imidazole rings is 1. The van der Waals surface area contributed by atoms with E-state index in [9.17, 15) is 0 Å². The number of nitrogens with one attached hydrogen (secondary N) is 1. The van der Waals surface area contributed by atoms with Crippen LogP contribution in [0.1, 0.15) is 57.2 Å². The van der Waals surface area contributed by atoms with Gasteiger partial charge in [0.15, 0.2) is 0 Å². The van der Waals surface area contributed by atoms with Gasteiger partial charge in [-0.25, -0.2) is 4.98 Å². The summed E-state index contributed by atoms with van der Waals surface area (Å²) in [6.45, 7) is 4.75. The zero-order valence-electron chi connectivity index (χ0n) is 10.8. The second-order valence-electron chi connectivity index (χ2n) is 6.11. The molecule has 2 aliphatic rings. The van der Waals surface area contributed by atoms with Crippen molar-refractivity contribution in [2.45, 2.75) is 58.0 Å². The van der Waals surface area contributed by atoms with Gasteiger partial charge >= 0.3 is 0 Å². The van der Waals surface area contributed by atoms with Gasteiger partial charge in [-0.1, -0.05) is 19.8 Å². The average Bonchev–Trinajstić information content (AvgIpc) is 2.98. The summed E-state index contributed by atoms with van der Waals surface area (Å²) in [6.07, 6.45) is 12.2. The first-order valence-corrected chi connectivity index (χ1v) is 7.00. The van der Waals surface area contributed by atoms with Crippen molar-refractivity contribution >= 4 is 0 Å². The molecule has 1 saturated heterocycles. The molecule has 17 heavy (non-hydrogen) atoms. The third-order valence-corrected chi connectivity index (χ3v) is 4.52. The Balaban J connectivity index is 1.76. The number of aromatic nitrogens is 2. The van der Waals surface area contributed by atoms with Crippen molar-refractivity contribution in [3.8, 4) is 0 Å². The quantitative estimate of drug-likeness (QED) is 0.870. The summed E-state index contributed by atoms with van der Waals surface area (Å²) in [4.78, 5) is 4.36. The van der Waals surface area contributed by atoms with Crippen molar-refractivity contribution in [3.63, 3.8) is 0 Å². The minimum Gasteiger partial charge on any atom is -0.333 e. The Morgan fingerprint density at radius 1 is 1.41 bits per heavy atom. The maximum atomic E-state index is 4.36. The summed E-state index contributed by atoms with van der Waals surface area (Å²) in [5.41, 5.74) is 1.91. The van der Waals surface area contributed by atoms with E-state index in [1.807, 2.05) is 6.33 Å². The Morgan fingerprint density at radius 2 is 2.24 bits per heavy atom. The van der Waals surface area contributed by atoms with Crippen LogP contribution in [0, 0.1) is 5.41 Å². The van der Waals surface area contributed by atoms with Gasteiger partial charge in [0.25, 0.3) is 0 Å². The molecule has 1 atom stereocenters. The zero-order chi connectivity index (χ0) is 11.7. The van der Waals surface area contributed by atoms with E-state index in [2.05, 4.69) is 28.0 Å². The van der Waals surface area contributed by atoms with Crippen molar-refractivity contribution in [1.29, 1.82) is 0 Å². The fourth-order valence-corrected chi connectivity index (χ4v) is 3.49. The second kappa shape index (κ2) is 4.45. The van der Waals surface area contributed by atoms with Crippen molar-refractivity contribution in [1.82, 2.24) is 14.9 Å². The highest BCUT2D eigenvalue weighted by molar-refractivity contribution is 5.08. The topological polar surface area (TPSA) is 29.9 Å². The molecule has 1 aromatic rings. The van der Waals surface area contributed by atoms with Gasteiger partial charge in [-0.05, 0) is 37.6 Å². The van der Waals surface area contributed by atoms with Gasteiger partial charge in [0.2, 0.25) is 0 Å². The van der Waals surface area contributed by atoms with Crippen LogP contribution in [0.5, 0.6) is 0 Å². The molecule has 2 heterocycles. The SMILES string of the molecule is CC1(Cn2cncc2C2CCCN2)CCCC1. The third kappa shape index (κ3) is 2.25. The van der Waals surface area contributed by atoms with Crippen LogP contribution in [0.25, 0.3) is 0 Å². The lowest BCUT2D eigenvalue weighted by atomic mass is 9.88. The van der Waals surface area contributed by atoms with Crippen LogP contribution in [0.3, 0.4) is 0 Å². The van der Waals surface area contributed by atoms with Crippen molar-refractivity contribution in [2.24, 2.45) is 5.41 Å². The molecule has 1 N–H and O–H groups in total. The largest absolute Gasteiger partial charge is 0.333 e. The second-order valence-corrected chi connectivity index (χ2v) is 6.11. The van der Waals surface area contributed by atoms with E-state index in [0.717, 1.165) is 13.1 Å². The molecule has 0 bridgehead atoms. The fourth-order valence-electron chi connectivity index (χ4n) is 3.49. The molecule has 0 aromatic carbocycles. The molecule has 2 fully saturated rings. The first-order chi connectivity index (χ1) is 8.27. The minimum atomic E-state index is 0.508. The van der Waals surface area contributed by atoms with Crippen molar-refractivity contribution in [3.05, 3.63) is 18.2 Å². The Bertz CT molecular complexity index is 371. The molecular weight excluding hydrogens is 210 g/mol. The highest BCUT2D eigenvalue weighted by Crippen LogP contribution is 2.39. The highest BCUT2D eigenvalue weighted by atomic mass is 15.1. The molecule has 1 aliphatic carbocycles. The molecule has 0 spiro atoms. The van der Waals surface area contributed by atoms with Crippen LogP contribution in [-0.4, -0.2) is 16.1 Å². The van der Waals surface area contributed by atoms with Crippen molar-refractivity contribution in [2.75, 3.05) is 6.54 Å². The average molecular weight is 233 g/mol. The summed E-state index contributed by atoms with van der Waals surface area (Å²) in [7, 11) is 0. The molecule has 3 rings (SSSR count). The fraction of sp³-hybridized carbons (Fsp3) is 0.786. The first kappa shape index (κ1) is 11.3. The van der Waals surface area contributed by atoms with Crippen LogP contribution in [0.4, 0.5) is 0 Å². The van der Waals surface area contributed by atoms with Gasteiger partial charge in [0.05, 0.1) is 12.0 Å². The third-order valence-electron chi connectivity index (χ3n) is 4.52. The van der Waals surface area contributed by atoms with E-state index < -0.39 is 0 Å². The molecule has 0 amide bonds. The van der Waals surface area contributed by atoms with Crippen molar-refractivity contribution < 1.29 is 0 Å². The predicted octanol–water partition coefficient (Wildman–Crippen LogP) is 2.89. The summed E-state index contributed by atoms with van der Waals surface area (Å²) < 4.78 is 2.40. The minimum absolute atomic E-state index is 0.508. The Hall–Kier alpha value is -0.830. The number of nitrogens with zero attached hydrogens (tertiary/aromatic N) is 2. The maximum Gasteiger partial charge on any atom is 0.0948 e. The predicted molar refractivity (Wildman–Crippen MR) is 68.8 cm³/mol. The van der Waals surface area contributed by atoms with E-state index in [-0.39, 0.29) is 0 Å². The molecule has 1 aliphatic heterocycles. The first-order valence-electron chi connectivity index (χ1n) is 7.00. The summed E-state index contributed by atoms with van der Waals surface area (Å²) >= 11 is 0. The van der Waals surface area contributed by atoms with Gasteiger partial charge in [0, 0.05) is 18.8 Å². The maximum absolute atomic E-state index is 4.36. The van der Waals surface area contributed by atoms with Crippen LogP contribution in [0.15, 0.2) is 12.5 Å². The lowest BCUT2D eigenvalue weighted by molar-refractivity contribution is 0.275. The Kier molecular flexibility index (Phi) is 2.95. The zero-order valence-corrected chi connectivity index (χ0v) is 10.8. The van der Waals surface area contributed by atoms with Gasteiger partial charge in [0.1, 0.15) is 0 Å². The molecule has 0 radical (unpaired) electrons. The summed E-state index contributed by atoms with van der Waals surface area (Å²) in [5, 5.41) is 3.58. The van der Waals surface area contributed by atoms with E-state index in [0.29, 0.717) is 11.5 Å². The van der Waals surface area contributed by atoms with Crippen LogP contribution >= 0.6 is 0 Å². The molecule has 3 heteroatoms. The number of rotatable bonds is 3. The monoisotopic (exact) mass is 233 g/mol. The van der Waals surface area contributed by atoms with Gasteiger partial charge in [-0.3, -0.25) is 0 Å². The lowest BCUT2D eigenvalue weighted by Gasteiger charge is -2.26. The van der Waals surface area contributed by atoms with E-state index in [1.54, 1.807) is 0 Å². The highest BCUT2D eigenvalue weighted by Gasteiger charge is 2.30. The molecule has 3 nitrogen and oxygen atoms in total. The lowest BCUT2D eigenvalue weighted by Crippen LogP contribution is -2.23.